The number of aromatic nitrogens is 3. The number of thiazole rings is 1. The van der Waals surface area contributed by atoms with E-state index in [2.05, 4.69) is 20.3 Å². The summed E-state index contributed by atoms with van der Waals surface area (Å²) in [7, 11) is 0. The lowest BCUT2D eigenvalue weighted by Crippen LogP contribution is -2.26. The van der Waals surface area contributed by atoms with E-state index >= 15 is 0 Å². The summed E-state index contributed by atoms with van der Waals surface area (Å²) in [5, 5.41) is 3.81. The predicted molar refractivity (Wildman–Crippen MR) is 99.5 cm³/mol. The number of nitrogens with one attached hydrogen (secondary N) is 2. The summed E-state index contributed by atoms with van der Waals surface area (Å²) in [6.45, 7) is 1.91. The van der Waals surface area contributed by atoms with Gasteiger partial charge in [-0.1, -0.05) is 42.5 Å². The number of fused-ring (bicyclic) bond motifs is 1. The average molecular weight is 348 g/mol. The van der Waals surface area contributed by atoms with Crippen LogP contribution in [0.2, 0.25) is 0 Å². The summed E-state index contributed by atoms with van der Waals surface area (Å²) in [5.41, 5.74) is 2.86. The number of para-hydroxylation sites is 2. The third kappa shape index (κ3) is 3.16. The van der Waals surface area contributed by atoms with Gasteiger partial charge in [0.2, 0.25) is 0 Å². The minimum absolute atomic E-state index is 0.146. The number of aromatic amines is 1. The molecule has 124 valence electrons. The van der Waals surface area contributed by atoms with Crippen LogP contribution >= 0.6 is 11.3 Å². The van der Waals surface area contributed by atoms with Crippen molar-refractivity contribution in [3.8, 4) is 10.6 Å². The van der Waals surface area contributed by atoms with Gasteiger partial charge < -0.3 is 10.3 Å². The molecule has 0 aliphatic rings. The van der Waals surface area contributed by atoms with Crippen molar-refractivity contribution < 1.29 is 4.79 Å². The molecule has 0 unspecified atom stereocenters. The van der Waals surface area contributed by atoms with Gasteiger partial charge in [-0.05, 0) is 19.1 Å². The van der Waals surface area contributed by atoms with Crippen LogP contribution in [0.3, 0.4) is 0 Å². The van der Waals surface area contributed by atoms with Crippen LogP contribution in [0.15, 0.2) is 60.8 Å². The zero-order valence-corrected chi connectivity index (χ0v) is 14.4. The first-order chi connectivity index (χ1) is 12.2. The second-order valence-corrected chi connectivity index (χ2v) is 6.76. The number of carbonyl (C=O) groups is 1. The summed E-state index contributed by atoms with van der Waals surface area (Å²) in [5.74, 6) is 0.593. The largest absolute Gasteiger partial charge is 0.342 e. The predicted octanol–water partition coefficient (Wildman–Crippen LogP) is 4.18. The van der Waals surface area contributed by atoms with E-state index < -0.39 is 0 Å². The highest BCUT2D eigenvalue weighted by molar-refractivity contribution is 7.16. The normalized spacial score (nSPS) is 12.2. The van der Waals surface area contributed by atoms with Crippen LogP contribution in [0.4, 0.5) is 0 Å². The molecule has 6 heteroatoms. The Morgan fingerprint density at radius 2 is 1.88 bits per heavy atom. The molecule has 0 aliphatic carbocycles. The van der Waals surface area contributed by atoms with E-state index in [1.165, 1.54) is 11.3 Å². The molecule has 4 aromatic rings. The molecule has 0 aliphatic heterocycles. The summed E-state index contributed by atoms with van der Waals surface area (Å²) >= 11 is 1.38. The van der Waals surface area contributed by atoms with Gasteiger partial charge in [0.25, 0.3) is 5.91 Å². The van der Waals surface area contributed by atoms with Crippen LogP contribution in [-0.4, -0.2) is 20.9 Å². The standard InChI is InChI=1S/C19H16N4OS/c1-12(17-22-14-9-5-6-10-15(14)23-17)21-18(24)16-11-20-19(25-16)13-7-3-2-4-8-13/h2-12H,1H3,(H,21,24)(H,22,23)/t12-/m0/s1. The zero-order chi connectivity index (χ0) is 17.2. The smallest absolute Gasteiger partial charge is 0.263 e. The summed E-state index contributed by atoms with van der Waals surface area (Å²) in [4.78, 5) is 25.2. The van der Waals surface area contributed by atoms with Crippen molar-refractivity contribution in [3.05, 3.63) is 71.5 Å². The molecule has 2 heterocycles. The number of rotatable bonds is 4. The maximum Gasteiger partial charge on any atom is 0.263 e. The molecule has 1 amide bonds. The number of amides is 1. The summed E-state index contributed by atoms with van der Waals surface area (Å²) in [6, 6.07) is 17.4. The highest BCUT2D eigenvalue weighted by Crippen LogP contribution is 2.25. The van der Waals surface area contributed by atoms with Crippen molar-refractivity contribution >= 4 is 28.3 Å². The van der Waals surface area contributed by atoms with E-state index in [0.29, 0.717) is 4.88 Å². The molecule has 0 saturated heterocycles. The van der Waals surface area contributed by atoms with Crippen molar-refractivity contribution in [3.63, 3.8) is 0 Å². The second kappa shape index (κ2) is 6.49. The van der Waals surface area contributed by atoms with Crippen molar-refractivity contribution in [1.29, 1.82) is 0 Å². The highest BCUT2D eigenvalue weighted by atomic mass is 32.1. The molecular weight excluding hydrogens is 332 g/mol. The van der Waals surface area contributed by atoms with Gasteiger partial charge >= 0.3 is 0 Å². The van der Waals surface area contributed by atoms with E-state index in [1.54, 1.807) is 6.20 Å². The molecule has 2 aromatic heterocycles. The molecule has 1 atom stereocenters. The minimum atomic E-state index is -0.220. The molecule has 2 aromatic carbocycles. The maximum absolute atomic E-state index is 12.5. The first-order valence-corrected chi connectivity index (χ1v) is 8.79. The van der Waals surface area contributed by atoms with Crippen molar-refractivity contribution in [2.24, 2.45) is 0 Å². The Morgan fingerprint density at radius 1 is 1.12 bits per heavy atom. The minimum Gasteiger partial charge on any atom is -0.342 e. The van der Waals surface area contributed by atoms with Gasteiger partial charge in [-0.15, -0.1) is 11.3 Å². The number of imidazole rings is 1. The number of H-pyrrole nitrogens is 1. The van der Waals surface area contributed by atoms with Gasteiger partial charge in [-0.2, -0.15) is 0 Å². The lowest BCUT2D eigenvalue weighted by atomic mass is 10.2. The molecule has 2 N–H and O–H groups in total. The fraction of sp³-hybridized carbons (Fsp3) is 0.105. The monoisotopic (exact) mass is 348 g/mol. The van der Waals surface area contributed by atoms with E-state index in [-0.39, 0.29) is 11.9 Å². The van der Waals surface area contributed by atoms with Crippen molar-refractivity contribution in [1.82, 2.24) is 20.3 Å². The third-order valence-electron chi connectivity index (χ3n) is 3.92. The number of benzene rings is 2. The Balaban J connectivity index is 1.51. The Morgan fingerprint density at radius 3 is 2.68 bits per heavy atom. The Bertz CT molecular complexity index is 989. The van der Waals surface area contributed by atoms with E-state index in [4.69, 9.17) is 0 Å². The molecule has 25 heavy (non-hydrogen) atoms. The van der Waals surface area contributed by atoms with Crippen LogP contribution in [0, 0.1) is 0 Å². The number of hydrogen-bond donors (Lipinski definition) is 2. The van der Waals surface area contributed by atoms with Crippen LogP contribution < -0.4 is 5.32 Å². The molecule has 0 radical (unpaired) electrons. The van der Waals surface area contributed by atoms with Crippen molar-refractivity contribution in [2.75, 3.05) is 0 Å². The third-order valence-corrected chi connectivity index (χ3v) is 4.96. The Kier molecular flexibility index (Phi) is 4.03. The molecule has 0 saturated carbocycles. The molecular formula is C19H16N4OS. The number of nitrogens with zero attached hydrogens (tertiary/aromatic N) is 2. The first kappa shape index (κ1) is 15.5. The molecule has 0 spiro atoms. The van der Waals surface area contributed by atoms with Crippen molar-refractivity contribution in [2.45, 2.75) is 13.0 Å². The fourth-order valence-electron chi connectivity index (χ4n) is 2.61. The van der Waals surface area contributed by atoms with Gasteiger partial charge in [-0.25, -0.2) is 9.97 Å². The van der Waals surface area contributed by atoms with Crippen LogP contribution in [0.1, 0.15) is 28.5 Å². The number of carbonyl (C=O) groups excluding carboxylic acids is 1. The van der Waals surface area contributed by atoms with Crippen LogP contribution in [0.5, 0.6) is 0 Å². The quantitative estimate of drug-likeness (QED) is 0.581. The van der Waals surface area contributed by atoms with E-state index in [1.807, 2.05) is 61.5 Å². The first-order valence-electron chi connectivity index (χ1n) is 7.97. The van der Waals surface area contributed by atoms with Gasteiger partial charge in [-0.3, -0.25) is 4.79 Å². The number of hydrogen-bond acceptors (Lipinski definition) is 4. The zero-order valence-electron chi connectivity index (χ0n) is 13.6. The Hall–Kier alpha value is -2.99. The summed E-state index contributed by atoms with van der Waals surface area (Å²) in [6.07, 6.45) is 1.62. The van der Waals surface area contributed by atoms with E-state index in [9.17, 15) is 4.79 Å². The lowest BCUT2D eigenvalue weighted by Gasteiger charge is -2.09. The molecule has 4 rings (SSSR count). The average Bonchev–Trinajstić information content (AvgIpc) is 3.29. The second-order valence-electron chi connectivity index (χ2n) is 5.73. The Labute approximate surface area is 148 Å². The topological polar surface area (TPSA) is 70.7 Å². The van der Waals surface area contributed by atoms with Crippen LogP contribution in [-0.2, 0) is 0 Å². The highest BCUT2D eigenvalue weighted by Gasteiger charge is 2.17. The van der Waals surface area contributed by atoms with E-state index in [0.717, 1.165) is 27.4 Å². The van der Waals surface area contributed by atoms with Crippen LogP contribution in [0.25, 0.3) is 21.6 Å². The molecule has 5 nitrogen and oxygen atoms in total. The summed E-state index contributed by atoms with van der Waals surface area (Å²) < 4.78 is 0. The maximum atomic E-state index is 12.5. The SMILES string of the molecule is C[C@H](NC(=O)c1cnc(-c2ccccc2)s1)c1nc2ccccc2[nH]1. The molecule has 0 bridgehead atoms. The van der Waals surface area contributed by atoms with Gasteiger partial charge in [0, 0.05) is 5.56 Å². The van der Waals surface area contributed by atoms with Gasteiger partial charge in [0.05, 0.1) is 23.3 Å². The molecule has 0 fully saturated rings. The lowest BCUT2D eigenvalue weighted by molar-refractivity contribution is 0.0942. The van der Waals surface area contributed by atoms with Gasteiger partial charge in [0.1, 0.15) is 15.7 Å². The fourth-order valence-corrected chi connectivity index (χ4v) is 3.43. The van der Waals surface area contributed by atoms with Gasteiger partial charge in [0.15, 0.2) is 0 Å².